The number of benzene rings is 1. The Hall–Kier alpha value is -1.06. The molecular formula is C18H29ClN2O. The van der Waals surface area contributed by atoms with E-state index in [1.807, 2.05) is 30.3 Å². The lowest BCUT2D eigenvalue weighted by molar-refractivity contribution is -0.127. The van der Waals surface area contributed by atoms with E-state index in [9.17, 15) is 4.79 Å². The summed E-state index contributed by atoms with van der Waals surface area (Å²) in [5.74, 6) is 1.48. The van der Waals surface area contributed by atoms with E-state index >= 15 is 0 Å². The second-order valence-electron chi connectivity index (χ2n) is 6.90. The van der Waals surface area contributed by atoms with Gasteiger partial charge in [-0.15, -0.1) is 12.4 Å². The van der Waals surface area contributed by atoms with Crippen molar-refractivity contribution >= 4 is 18.3 Å². The smallest absolute Gasteiger partial charge is 0.244 e. The van der Waals surface area contributed by atoms with Gasteiger partial charge in [0.25, 0.3) is 0 Å². The van der Waals surface area contributed by atoms with Gasteiger partial charge in [-0.1, -0.05) is 44.2 Å². The van der Waals surface area contributed by atoms with E-state index in [2.05, 4.69) is 19.2 Å². The average molecular weight is 325 g/mol. The first-order chi connectivity index (χ1) is 9.91. The number of carbonyl (C=O) groups is 1. The topological polar surface area (TPSA) is 55.1 Å². The Labute approximate surface area is 140 Å². The Kier molecular flexibility index (Phi) is 6.89. The van der Waals surface area contributed by atoms with Gasteiger partial charge in [-0.2, -0.15) is 0 Å². The molecule has 0 radical (unpaired) electrons. The quantitative estimate of drug-likeness (QED) is 0.888. The number of halogens is 1. The van der Waals surface area contributed by atoms with Crippen LogP contribution in [0.4, 0.5) is 0 Å². The lowest BCUT2D eigenvalue weighted by atomic mass is 9.79. The Morgan fingerprint density at radius 3 is 2.23 bits per heavy atom. The molecule has 22 heavy (non-hydrogen) atoms. The number of amides is 1. The molecule has 1 amide bonds. The van der Waals surface area contributed by atoms with E-state index in [1.54, 1.807) is 6.92 Å². The summed E-state index contributed by atoms with van der Waals surface area (Å²) in [6.07, 6.45) is 4.55. The van der Waals surface area contributed by atoms with Crippen LogP contribution in [-0.2, 0) is 10.3 Å². The van der Waals surface area contributed by atoms with Crippen molar-refractivity contribution in [2.75, 3.05) is 0 Å². The summed E-state index contributed by atoms with van der Waals surface area (Å²) in [4.78, 5) is 12.5. The molecule has 1 aromatic carbocycles. The van der Waals surface area contributed by atoms with Crippen LogP contribution in [0.15, 0.2) is 30.3 Å². The highest BCUT2D eigenvalue weighted by molar-refractivity contribution is 5.87. The Bertz CT molecular complexity index is 465. The van der Waals surface area contributed by atoms with Crippen molar-refractivity contribution in [3.63, 3.8) is 0 Å². The molecule has 0 spiro atoms. The third kappa shape index (κ3) is 4.47. The van der Waals surface area contributed by atoms with Gasteiger partial charge >= 0.3 is 0 Å². The van der Waals surface area contributed by atoms with Gasteiger partial charge in [-0.3, -0.25) is 4.79 Å². The average Bonchev–Trinajstić information content (AvgIpc) is 2.48. The SMILES string of the molecule is CC(C)C1CCC(NC(=O)C(C)(N)c2ccccc2)CC1.Cl. The Morgan fingerprint density at radius 1 is 1.18 bits per heavy atom. The van der Waals surface area contributed by atoms with Crippen molar-refractivity contribution in [3.05, 3.63) is 35.9 Å². The van der Waals surface area contributed by atoms with E-state index in [4.69, 9.17) is 5.73 Å². The summed E-state index contributed by atoms with van der Waals surface area (Å²) >= 11 is 0. The molecule has 1 aliphatic rings. The lowest BCUT2D eigenvalue weighted by Crippen LogP contribution is -2.52. The highest BCUT2D eigenvalue weighted by Gasteiger charge is 2.33. The van der Waals surface area contributed by atoms with Crippen LogP contribution >= 0.6 is 12.4 Å². The van der Waals surface area contributed by atoms with E-state index in [0.717, 1.165) is 30.2 Å². The van der Waals surface area contributed by atoms with E-state index in [-0.39, 0.29) is 24.4 Å². The predicted molar refractivity (Wildman–Crippen MR) is 94.0 cm³/mol. The van der Waals surface area contributed by atoms with Crippen LogP contribution in [0, 0.1) is 11.8 Å². The number of nitrogens with one attached hydrogen (secondary N) is 1. The van der Waals surface area contributed by atoms with Gasteiger partial charge in [0, 0.05) is 6.04 Å². The Morgan fingerprint density at radius 2 is 1.73 bits per heavy atom. The highest BCUT2D eigenvalue weighted by atomic mass is 35.5. The Balaban J connectivity index is 0.00000242. The number of hydrogen-bond donors (Lipinski definition) is 2. The first-order valence-corrected chi connectivity index (χ1v) is 8.06. The van der Waals surface area contributed by atoms with Crippen LogP contribution in [0.5, 0.6) is 0 Å². The molecule has 0 saturated heterocycles. The van der Waals surface area contributed by atoms with Gasteiger partial charge in [0.05, 0.1) is 0 Å². The van der Waals surface area contributed by atoms with Crippen molar-refractivity contribution in [1.29, 1.82) is 0 Å². The fraction of sp³-hybridized carbons (Fsp3) is 0.611. The summed E-state index contributed by atoms with van der Waals surface area (Å²) in [6, 6.07) is 9.87. The predicted octanol–water partition coefficient (Wildman–Crippen LogP) is 3.61. The molecular weight excluding hydrogens is 296 g/mol. The van der Waals surface area contributed by atoms with Crippen molar-refractivity contribution in [1.82, 2.24) is 5.32 Å². The molecule has 4 heteroatoms. The molecule has 3 nitrogen and oxygen atoms in total. The van der Waals surface area contributed by atoms with Gasteiger partial charge in [0.15, 0.2) is 0 Å². The molecule has 1 fully saturated rings. The largest absolute Gasteiger partial charge is 0.351 e. The molecule has 1 aromatic rings. The fourth-order valence-electron chi connectivity index (χ4n) is 3.18. The van der Waals surface area contributed by atoms with E-state index < -0.39 is 5.54 Å². The van der Waals surface area contributed by atoms with Gasteiger partial charge in [-0.05, 0) is 50.0 Å². The molecule has 0 bridgehead atoms. The number of carbonyl (C=O) groups excluding carboxylic acids is 1. The zero-order chi connectivity index (χ0) is 15.5. The lowest BCUT2D eigenvalue weighted by Gasteiger charge is -2.33. The summed E-state index contributed by atoms with van der Waals surface area (Å²) in [5, 5.41) is 3.15. The summed E-state index contributed by atoms with van der Waals surface area (Å²) < 4.78 is 0. The normalized spacial score (nSPS) is 24.2. The molecule has 1 aliphatic carbocycles. The maximum absolute atomic E-state index is 12.5. The summed E-state index contributed by atoms with van der Waals surface area (Å²) in [7, 11) is 0. The zero-order valence-electron chi connectivity index (χ0n) is 13.8. The van der Waals surface area contributed by atoms with Crippen LogP contribution in [0.3, 0.4) is 0 Å². The minimum atomic E-state index is -0.962. The number of hydrogen-bond acceptors (Lipinski definition) is 2. The van der Waals surface area contributed by atoms with Crippen molar-refractivity contribution in [3.8, 4) is 0 Å². The second-order valence-corrected chi connectivity index (χ2v) is 6.90. The maximum atomic E-state index is 12.5. The molecule has 2 rings (SSSR count). The third-order valence-electron chi connectivity index (χ3n) is 4.90. The monoisotopic (exact) mass is 324 g/mol. The van der Waals surface area contributed by atoms with Crippen LogP contribution in [0.2, 0.25) is 0 Å². The molecule has 1 unspecified atom stereocenters. The summed E-state index contributed by atoms with van der Waals surface area (Å²) in [6.45, 7) is 6.36. The van der Waals surface area contributed by atoms with Crippen LogP contribution in [0.1, 0.15) is 52.0 Å². The number of nitrogens with two attached hydrogens (primary N) is 1. The minimum absolute atomic E-state index is 0. The zero-order valence-corrected chi connectivity index (χ0v) is 14.7. The first-order valence-electron chi connectivity index (χ1n) is 8.06. The molecule has 3 N–H and O–H groups in total. The van der Waals surface area contributed by atoms with Crippen molar-refractivity contribution < 1.29 is 4.79 Å². The van der Waals surface area contributed by atoms with Gasteiger partial charge in [-0.25, -0.2) is 0 Å². The van der Waals surface area contributed by atoms with E-state index in [1.165, 1.54) is 12.8 Å². The van der Waals surface area contributed by atoms with Crippen LogP contribution < -0.4 is 11.1 Å². The number of rotatable bonds is 4. The highest BCUT2D eigenvalue weighted by Crippen LogP contribution is 2.30. The van der Waals surface area contributed by atoms with Crippen molar-refractivity contribution in [2.45, 2.75) is 58.0 Å². The van der Waals surface area contributed by atoms with Crippen molar-refractivity contribution in [2.24, 2.45) is 17.6 Å². The molecule has 1 saturated carbocycles. The molecule has 0 aliphatic heterocycles. The van der Waals surface area contributed by atoms with Crippen LogP contribution in [-0.4, -0.2) is 11.9 Å². The van der Waals surface area contributed by atoms with Gasteiger partial charge < -0.3 is 11.1 Å². The second kappa shape index (κ2) is 7.98. The van der Waals surface area contributed by atoms with Gasteiger partial charge in [0.2, 0.25) is 5.91 Å². The van der Waals surface area contributed by atoms with Gasteiger partial charge in [0.1, 0.15) is 5.54 Å². The molecule has 124 valence electrons. The third-order valence-corrected chi connectivity index (χ3v) is 4.90. The minimum Gasteiger partial charge on any atom is -0.351 e. The maximum Gasteiger partial charge on any atom is 0.244 e. The standard InChI is InChI=1S/C18H28N2O.ClH/c1-13(2)14-9-11-16(12-10-14)20-17(21)18(3,19)15-7-5-4-6-8-15;/h4-8,13-14,16H,9-12,19H2,1-3H3,(H,20,21);1H. The molecule has 0 heterocycles. The first kappa shape index (κ1) is 19.0. The summed E-state index contributed by atoms with van der Waals surface area (Å²) in [5.41, 5.74) is 6.16. The molecule has 0 aromatic heterocycles. The van der Waals surface area contributed by atoms with E-state index in [0.29, 0.717) is 0 Å². The van der Waals surface area contributed by atoms with Crippen LogP contribution in [0.25, 0.3) is 0 Å². The molecule has 1 atom stereocenters. The fourth-order valence-corrected chi connectivity index (χ4v) is 3.18.